The lowest BCUT2D eigenvalue weighted by molar-refractivity contribution is 0.0943. The summed E-state index contributed by atoms with van der Waals surface area (Å²) >= 11 is 0. The van der Waals surface area contributed by atoms with Crippen LogP contribution >= 0.6 is 0 Å². The van der Waals surface area contributed by atoms with Crippen LogP contribution in [0.1, 0.15) is 33.1 Å². The molecule has 4 aromatic rings. The van der Waals surface area contributed by atoms with Crippen LogP contribution in [0.4, 0.5) is 5.69 Å². The molecule has 0 fully saturated rings. The molecule has 1 amide bonds. The van der Waals surface area contributed by atoms with Gasteiger partial charge in [0, 0.05) is 6.07 Å². The van der Waals surface area contributed by atoms with E-state index in [9.17, 15) is 13.2 Å². The number of hydrogen-bond donors (Lipinski definition) is 1. The molecule has 0 radical (unpaired) electrons. The summed E-state index contributed by atoms with van der Waals surface area (Å²) in [6, 6.07) is 31.0. The lowest BCUT2D eigenvalue weighted by Crippen LogP contribution is -2.34. The zero-order valence-electron chi connectivity index (χ0n) is 21.5. The summed E-state index contributed by atoms with van der Waals surface area (Å²) in [5, 5.41) is 3.11. The number of anilines is 1. The van der Waals surface area contributed by atoms with Crippen molar-refractivity contribution in [2.24, 2.45) is 0 Å². The summed E-state index contributed by atoms with van der Waals surface area (Å²) in [6.07, 6.45) is 1.12. The van der Waals surface area contributed by atoms with Crippen LogP contribution in [0.5, 0.6) is 11.5 Å². The average molecular weight is 531 g/mol. The van der Waals surface area contributed by atoms with Gasteiger partial charge in [0.2, 0.25) is 10.0 Å². The number of methoxy groups -OCH3 is 2. The van der Waals surface area contributed by atoms with E-state index >= 15 is 0 Å². The van der Waals surface area contributed by atoms with E-state index in [0.29, 0.717) is 11.5 Å². The fourth-order valence-electron chi connectivity index (χ4n) is 4.25. The minimum atomic E-state index is -3.79. The van der Waals surface area contributed by atoms with Gasteiger partial charge in [0.15, 0.2) is 11.5 Å². The maximum Gasteiger partial charge on any atom is 0.254 e. The average Bonchev–Trinajstić information content (AvgIpc) is 2.94. The molecule has 0 saturated carbocycles. The van der Waals surface area contributed by atoms with Gasteiger partial charge in [-0.15, -0.1) is 0 Å². The Morgan fingerprint density at radius 1 is 0.789 bits per heavy atom. The van der Waals surface area contributed by atoms with Crippen molar-refractivity contribution in [2.45, 2.75) is 12.6 Å². The van der Waals surface area contributed by atoms with Crippen LogP contribution in [0.2, 0.25) is 0 Å². The standard InChI is InChI=1S/C30H30N2O5S/c1-36-27-19-25(30(33)31-29(23-15-9-5-10-16-23)24-17-11-6-12-18-24)26(20-28(27)37-2)32(38(3,34)35)21-22-13-7-4-8-14-22/h4-20,29H,21H2,1-3H3,(H,31,33). The summed E-state index contributed by atoms with van der Waals surface area (Å²) in [5.74, 6) is 0.161. The Morgan fingerprint density at radius 3 is 1.74 bits per heavy atom. The highest BCUT2D eigenvalue weighted by Crippen LogP contribution is 2.37. The van der Waals surface area contributed by atoms with E-state index in [1.54, 1.807) is 0 Å². The number of benzene rings is 4. The molecule has 0 unspecified atom stereocenters. The highest BCUT2D eigenvalue weighted by molar-refractivity contribution is 7.92. The zero-order chi connectivity index (χ0) is 27.1. The van der Waals surface area contributed by atoms with Gasteiger partial charge in [-0.3, -0.25) is 9.10 Å². The second kappa shape index (κ2) is 11.8. The molecule has 8 heteroatoms. The fraction of sp³-hybridized carbons (Fsp3) is 0.167. The van der Waals surface area contributed by atoms with Gasteiger partial charge in [0.05, 0.1) is 44.3 Å². The first kappa shape index (κ1) is 26.8. The molecule has 7 nitrogen and oxygen atoms in total. The largest absolute Gasteiger partial charge is 0.493 e. The van der Waals surface area contributed by atoms with Gasteiger partial charge in [-0.25, -0.2) is 8.42 Å². The van der Waals surface area contributed by atoms with Gasteiger partial charge in [-0.05, 0) is 22.8 Å². The fourth-order valence-corrected chi connectivity index (χ4v) is 5.14. The van der Waals surface area contributed by atoms with Crippen LogP contribution in [0.15, 0.2) is 103 Å². The number of hydrogen-bond acceptors (Lipinski definition) is 5. The van der Waals surface area contributed by atoms with Crippen molar-refractivity contribution in [3.63, 3.8) is 0 Å². The van der Waals surface area contributed by atoms with Gasteiger partial charge in [-0.1, -0.05) is 91.0 Å². The van der Waals surface area contributed by atoms with Crippen LogP contribution < -0.4 is 19.1 Å². The first-order valence-corrected chi connectivity index (χ1v) is 13.8. The molecule has 0 atom stereocenters. The van der Waals surface area contributed by atoms with Crippen LogP contribution in [0.3, 0.4) is 0 Å². The maximum absolute atomic E-state index is 13.9. The molecule has 0 bridgehead atoms. The molecule has 0 aliphatic rings. The van der Waals surface area contributed by atoms with Crippen molar-refractivity contribution >= 4 is 21.6 Å². The number of sulfonamides is 1. The minimum Gasteiger partial charge on any atom is -0.493 e. The van der Waals surface area contributed by atoms with E-state index in [1.807, 2.05) is 91.0 Å². The monoisotopic (exact) mass is 530 g/mol. The molecule has 196 valence electrons. The van der Waals surface area contributed by atoms with Gasteiger partial charge in [-0.2, -0.15) is 0 Å². The molecular weight excluding hydrogens is 500 g/mol. The van der Waals surface area contributed by atoms with E-state index in [4.69, 9.17) is 9.47 Å². The topological polar surface area (TPSA) is 84.9 Å². The van der Waals surface area contributed by atoms with Crippen molar-refractivity contribution < 1.29 is 22.7 Å². The Morgan fingerprint density at radius 2 is 1.26 bits per heavy atom. The predicted molar refractivity (Wildman–Crippen MR) is 149 cm³/mol. The molecule has 4 rings (SSSR count). The van der Waals surface area contributed by atoms with Crippen molar-refractivity contribution in [1.82, 2.24) is 5.32 Å². The van der Waals surface area contributed by atoms with E-state index in [0.717, 1.165) is 22.9 Å². The number of rotatable bonds is 10. The van der Waals surface area contributed by atoms with Crippen molar-refractivity contribution in [3.8, 4) is 11.5 Å². The van der Waals surface area contributed by atoms with Crippen LogP contribution in [-0.2, 0) is 16.6 Å². The van der Waals surface area contributed by atoms with Crippen LogP contribution in [-0.4, -0.2) is 34.8 Å². The first-order chi connectivity index (χ1) is 18.3. The lowest BCUT2D eigenvalue weighted by atomic mass is 9.98. The number of nitrogens with one attached hydrogen (secondary N) is 1. The van der Waals surface area contributed by atoms with E-state index in [2.05, 4.69) is 5.32 Å². The molecule has 0 spiro atoms. The van der Waals surface area contributed by atoms with E-state index in [1.165, 1.54) is 30.7 Å². The number of ether oxygens (including phenoxy) is 2. The predicted octanol–water partition coefficient (Wildman–Crippen LogP) is 5.19. The van der Waals surface area contributed by atoms with E-state index < -0.39 is 22.0 Å². The second-order valence-corrected chi connectivity index (χ2v) is 10.6. The summed E-state index contributed by atoms with van der Waals surface area (Å²) in [5.41, 5.74) is 2.87. The number of carbonyl (C=O) groups is 1. The number of amides is 1. The third-order valence-electron chi connectivity index (χ3n) is 6.13. The molecule has 38 heavy (non-hydrogen) atoms. The number of carbonyl (C=O) groups excluding carboxylic acids is 1. The third-order valence-corrected chi connectivity index (χ3v) is 7.25. The maximum atomic E-state index is 13.9. The van der Waals surface area contributed by atoms with Gasteiger partial charge < -0.3 is 14.8 Å². The first-order valence-electron chi connectivity index (χ1n) is 12.0. The van der Waals surface area contributed by atoms with Crippen molar-refractivity contribution in [3.05, 3.63) is 125 Å². The zero-order valence-corrected chi connectivity index (χ0v) is 22.3. The second-order valence-electron chi connectivity index (χ2n) is 8.71. The molecule has 0 aromatic heterocycles. The molecule has 4 aromatic carbocycles. The SMILES string of the molecule is COc1cc(C(=O)NC(c2ccccc2)c2ccccc2)c(N(Cc2ccccc2)S(C)(=O)=O)cc1OC. The molecule has 0 heterocycles. The summed E-state index contributed by atoms with van der Waals surface area (Å²) in [7, 11) is -0.864. The Bertz CT molecular complexity index is 1440. The lowest BCUT2D eigenvalue weighted by Gasteiger charge is -2.27. The minimum absolute atomic E-state index is 0.0379. The molecule has 0 aliphatic carbocycles. The van der Waals surface area contributed by atoms with Crippen LogP contribution in [0.25, 0.3) is 0 Å². The molecule has 1 N–H and O–H groups in total. The Kier molecular flexibility index (Phi) is 8.33. The summed E-state index contributed by atoms with van der Waals surface area (Å²) < 4.78 is 38.2. The van der Waals surface area contributed by atoms with Gasteiger partial charge in [0.25, 0.3) is 5.91 Å². The van der Waals surface area contributed by atoms with Crippen molar-refractivity contribution in [2.75, 3.05) is 24.8 Å². The Hall–Kier alpha value is -4.30. The quantitative estimate of drug-likeness (QED) is 0.305. The Labute approximate surface area is 223 Å². The summed E-state index contributed by atoms with van der Waals surface area (Å²) in [4.78, 5) is 13.9. The Balaban J connectivity index is 1.83. The normalized spacial score (nSPS) is 11.2. The van der Waals surface area contributed by atoms with Crippen molar-refractivity contribution in [1.29, 1.82) is 0 Å². The van der Waals surface area contributed by atoms with Gasteiger partial charge in [0.1, 0.15) is 0 Å². The third kappa shape index (κ3) is 6.15. The smallest absolute Gasteiger partial charge is 0.254 e. The van der Waals surface area contributed by atoms with E-state index in [-0.39, 0.29) is 17.8 Å². The highest BCUT2D eigenvalue weighted by atomic mass is 32.2. The van der Waals surface area contributed by atoms with Crippen LogP contribution in [0, 0.1) is 0 Å². The highest BCUT2D eigenvalue weighted by Gasteiger charge is 2.28. The number of nitrogens with zero attached hydrogens (tertiary/aromatic N) is 1. The van der Waals surface area contributed by atoms with Gasteiger partial charge >= 0.3 is 0 Å². The molecule has 0 aliphatic heterocycles. The summed E-state index contributed by atoms with van der Waals surface area (Å²) in [6.45, 7) is 0.0379. The molecule has 0 saturated heterocycles. The molecular formula is C30H30N2O5S.